The Balaban J connectivity index is 1.78. The van der Waals surface area contributed by atoms with Gasteiger partial charge in [0.25, 0.3) is 0 Å². The predicted molar refractivity (Wildman–Crippen MR) is 110 cm³/mol. The maximum Gasteiger partial charge on any atom is 0.326 e. The number of fused-ring (bicyclic) bond motifs is 1. The minimum absolute atomic E-state index is 0.0274. The van der Waals surface area contributed by atoms with Crippen molar-refractivity contribution in [3.63, 3.8) is 0 Å². The van der Waals surface area contributed by atoms with Crippen molar-refractivity contribution in [1.82, 2.24) is 9.80 Å². The first-order chi connectivity index (χ1) is 13.4. The van der Waals surface area contributed by atoms with Gasteiger partial charge in [0.1, 0.15) is 6.04 Å². The largest absolute Gasteiger partial charge is 0.480 e. The number of aryl methyl sites for hydroxylation is 1. The van der Waals surface area contributed by atoms with Crippen LogP contribution in [0.2, 0.25) is 0 Å². The Morgan fingerprint density at radius 2 is 1.96 bits per heavy atom. The molecule has 2 aliphatic rings. The van der Waals surface area contributed by atoms with E-state index in [1.165, 1.54) is 5.56 Å². The number of benzene rings is 1. The number of rotatable bonds is 7. The second kappa shape index (κ2) is 9.08. The van der Waals surface area contributed by atoms with E-state index in [9.17, 15) is 14.7 Å². The number of nitrogens with zero attached hydrogens (tertiary/aromatic N) is 2. The SMILES string of the molecule is CC(C)C[C@H](C(=O)O)N1CCC(CCc2ccccc2)N2C[C@H](C)C[C@H]2C1=O. The van der Waals surface area contributed by atoms with Gasteiger partial charge in [-0.25, -0.2) is 4.79 Å². The van der Waals surface area contributed by atoms with Crippen LogP contribution in [0, 0.1) is 11.8 Å². The molecule has 0 radical (unpaired) electrons. The van der Waals surface area contributed by atoms with E-state index in [0.717, 1.165) is 32.2 Å². The molecule has 0 bridgehead atoms. The highest BCUT2D eigenvalue weighted by atomic mass is 16.4. The summed E-state index contributed by atoms with van der Waals surface area (Å²) in [4.78, 5) is 29.3. The lowest BCUT2D eigenvalue weighted by molar-refractivity contribution is -0.152. The molecule has 1 N–H and O–H groups in total. The van der Waals surface area contributed by atoms with E-state index in [2.05, 4.69) is 36.1 Å². The molecule has 2 aliphatic heterocycles. The number of hydrogen-bond acceptors (Lipinski definition) is 3. The number of carbonyl (C=O) groups excluding carboxylic acids is 1. The highest BCUT2D eigenvalue weighted by Gasteiger charge is 2.45. The van der Waals surface area contributed by atoms with Gasteiger partial charge in [0.2, 0.25) is 5.91 Å². The van der Waals surface area contributed by atoms with E-state index in [0.29, 0.717) is 24.9 Å². The Morgan fingerprint density at radius 1 is 1.25 bits per heavy atom. The normalized spacial score (nSPS) is 26.9. The Hall–Kier alpha value is -1.88. The molecule has 0 spiro atoms. The maximum atomic E-state index is 13.3. The van der Waals surface area contributed by atoms with Crippen LogP contribution in [0.4, 0.5) is 0 Å². The fourth-order valence-electron chi connectivity index (χ4n) is 4.89. The van der Waals surface area contributed by atoms with Gasteiger partial charge >= 0.3 is 5.97 Å². The van der Waals surface area contributed by atoms with Crippen molar-refractivity contribution in [2.75, 3.05) is 13.1 Å². The summed E-state index contributed by atoms with van der Waals surface area (Å²) in [6.07, 6.45) is 4.20. The minimum Gasteiger partial charge on any atom is -0.480 e. The zero-order valence-corrected chi connectivity index (χ0v) is 17.4. The Labute approximate surface area is 168 Å². The van der Waals surface area contributed by atoms with Gasteiger partial charge in [-0.15, -0.1) is 0 Å². The Morgan fingerprint density at radius 3 is 2.61 bits per heavy atom. The summed E-state index contributed by atoms with van der Waals surface area (Å²) in [5, 5.41) is 9.79. The number of amides is 1. The average molecular weight is 387 g/mol. The molecule has 5 nitrogen and oxygen atoms in total. The summed E-state index contributed by atoms with van der Waals surface area (Å²) >= 11 is 0. The summed E-state index contributed by atoms with van der Waals surface area (Å²) in [6.45, 7) is 7.72. The molecule has 0 saturated carbocycles. The van der Waals surface area contributed by atoms with Crippen LogP contribution in [0.5, 0.6) is 0 Å². The summed E-state index contributed by atoms with van der Waals surface area (Å²) in [7, 11) is 0. The molecular formula is C23H34N2O3. The first-order valence-corrected chi connectivity index (χ1v) is 10.7. The van der Waals surface area contributed by atoms with Crippen LogP contribution in [0.1, 0.15) is 52.0 Å². The predicted octanol–water partition coefficient (Wildman–Crippen LogP) is 3.43. The van der Waals surface area contributed by atoms with Crippen molar-refractivity contribution in [3.05, 3.63) is 35.9 Å². The van der Waals surface area contributed by atoms with Crippen molar-refractivity contribution >= 4 is 11.9 Å². The number of aliphatic carboxylic acids is 1. The molecule has 28 heavy (non-hydrogen) atoms. The molecular weight excluding hydrogens is 352 g/mol. The molecule has 1 aromatic carbocycles. The van der Waals surface area contributed by atoms with Gasteiger partial charge in [-0.2, -0.15) is 0 Å². The van der Waals surface area contributed by atoms with E-state index in [4.69, 9.17) is 0 Å². The third-order valence-electron chi connectivity index (χ3n) is 6.25. The molecule has 5 heteroatoms. The maximum absolute atomic E-state index is 13.3. The third-order valence-corrected chi connectivity index (χ3v) is 6.25. The van der Waals surface area contributed by atoms with Crippen molar-refractivity contribution in [3.8, 4) is 0 Å². The van der Waals surface area contributed by atoms with E-state index >= 15 is 0 Å². The van der Waals surface area contributed by atoms with Crippen molar-refractivity contribution in [2.45, 2.75) is 71.0 Å². The average Bonchev–Trinajstić information content (AvgIpc) is 2.99. The molecule has 154 valence electrons. The summed E-state index contributed by atoms with van der Waals surface area (Å²) in [5.41, 5.74) is 1.32. The van der Waals surface area contributed by atoms with Gasteiger partial charge in [0.05, 0.1) is 6.04 Å². The number of carboxylic acid groups (broad SMARTS) is 1. The second-order valence-electron chi connectivity index (χ2n) is 9.04. The molecule has 4 atom stereocenters. The first kappa shape index (κ1) is 20.8. The lowest BCUT2D eigenvalue weighted by Gasteiger charge is -2.31. The minimum atomic E-state index is -0.873. The van der Waals surface area contributed by atoms with Crippen LogP contribution in [0.25, 0.3) is 0 Å². The first-order valence-electron chi connectivity index (χ1n) is 10.7. The number of hydrogen-bond donors (Lipinski definition) is 1. The molecule has 1 aromatic rings. The van der Waals surface area contributed by atoms with Crippen LogP contribution >= 0.6 is 0 Å². The zero-order valence-electron chi connectivity index (χ0n) is 17.4. The molecule has 0 aliphatic carbocycles. The van der Waals surface area contributed by atoms with Crippen LogP contribution in [-0.4, -0.2) is 58.0 Å². The van der Waals surface area contributed by atoms with E-state index in [1.807, 2.05) is 19.9 Å². The monoisotopic (exact) mass is 386 g/mol. The van der Waals surface area contributed by atoms with Crippen LogP contribution in [0.3, 0.4) is 0 Å². The van der Waals surface area contributed by atoms with Gasteiger partial charge in [-0.1, -0.05) is 51.1 Å². The zero-order chi connectivity index (χ0) is 20.3. The summed E-state index contributed by atoms with van der Waals surface area (Å²) < 4.78 is 0. The van der Waals surface area contributed by atoms with Crippen molar-refractivity contribution in [2.24, 2.45) is 11.8 Å². The molecule has 2 saturated heterocycles. The Kier molecular flexibility index (Phi) is 6.76. The highest BCUT2D eigenvalue weighted by molar-refractivity contribution is 5.87. The molecule has 1 unspecified atom stereocenters. The molecule has 2 heterocycles. The molecule has 2 fully saturated rings. The molecule has 0 aromatic heterocycles. The van der Waals surface area contributed by atoms with Crippen LogP contribution in [0.15, 0.2) is 30.3 Å². The molecule has 3 rings (SSSR count). The van der Waals surface area contributed by atoms with Crippen molar-refractivity contribution in [1.29, 1.82) is 0 Å². The van der Waals surface area contributed by atoms with E-state index in [1.54, 1.807) is 4.90 Å². The van der Waals surface area contributed by atoms with E-state index < -0.39 is 12.0 Å². The van der Waals surface area contributed by atoms with Gasteiger partial charge in [-0.05, 0) is 49.5 Å². The number of carboxylic acids is 1. The molecule has 1 amide bonds. The standard InChI is InChI=1S/C23H34N2O3/c1-16(2)13-21(23(27)28)24-12-11-19(10-9-18-7-5-4-6-8-18)25-15-17(3)14-20(25)22(24)26/h4-8,16-17,19-21H,9-15H2,1-3H3,(H,27,28)/t17-,19?,20+,21-/m1/s1. The summed E-state index contributed by atoms with van der Waals surface area (Å²) in [5.74, 6) is -0.131. The van der Waals surface area contributed by atoms with Gasteiger partial charge in [-0.3, -0.25) is 9.69 Å². The lowest BCUT2D eigenvalue weighted by atomic mass is 10.00. The van der Waals surface area contributed by atoms with Crippen molar-refractivity contribution < 1.29 is 14.7 Å². The fraction of sp³-hybridized carbons (Fsp3) is 0.652. The lowest BCUT2D eigenvalue weighted by Crippen LogP contribution is -2.51. The Bertz CT molecular complexity index is 676. The smallest absolute Gasteiger partial charge is 0.326 e. The van der Waals surface area contributed by atoms with E-state index in [-0.39, 0.29) is 17.9 Å². The van der Waals surface area contributed by atoms with Gasteiger partial charge < -0.3 is 10.0 Å². The quantitative estimate of drug-likeness (QED) is 0.780. The summed E-state index contributed by atoms with van der Waals surface area (Å²) in [6, 6.07) is 9.94. The third kappa shape index (κ3) is 4.75. The topological polar surface area (TPSA) is 60.9 Å². The van der Waals surface area contributed by atoms with Crippen LogP contribution in [-0.2, 0) is 16.0 Å². The second-order valence-corrected chi connectivity index (χ2v) is 9.04. The van der Waals surface area contributed by atoms with Gasteiger partial charge in [0.15, 0.2) is 0 Å². The van der Waals surface area contributed by atoms with Gasteiger partial charge in [0, 0.05) is 19.1 Å². The highest BCUT2D eigenvalue weighted by Crippen LogP contribution is 2.33. The van der Waals surface area contributed by atoms with Crippen LogP contribution < -0.4 is 0 Å². The number of carbonyl (C=O) groups is 2. The fourth-order valence-corrected chi connectivity index (χ4v) is 4.89.